The lowest BCUT2D eigenvalue weighted by Gasteiger charge is -2.32. The molecular weight excluding hydrogens is 285 g/mol. The minimum Gasteiger partial charge on any atom is -0.356 e. The van der Waals surface area contributed by atoms with Crippen molar-refractivity contribution in [3.8, 4) is 0 Å². The van der Waals surface area contributed by atoms with Crippen LogP contribution in [0.15, 0.2) is 24.3 Å². The molecule has 22 heavy (non-hydrogen) atoms. The van der Waals surface area contributed by atoms with Crippen LogP contribution in [-0.2, 0) is 4.79 Å². The number of hydrogen-bond acceptors (Lipinski definition) is 2. The van der Waals surface area contributed by atoms with Gasteiger partial charge in [0.2, 0.25) is 5.91 Å². The minimum atomic E-state index is -0.445. The van der Waals surface area contributed by atoms with Crippen LogP contribution < -0.4 is 10.6 Å². The second-order valence-electron chi connectivity index (χ2n) is 5.52. The number of carbonyl (C=O) groups is 2. The molecule has 0 unspecified atom stereocenters. The zero-order chi connectivity index (χ0) is 15.9. The predicted octanol–water partition coefficient (Wildman–Crippen LogP) is 2.60. The van der Waals surface area contributed by atoms with Crippen LogP contribution in [0.2, 0.25) is 0 Å². The van der Waals surface area contributed by atoms with Gasteiger partial charge in [-0.2, -0.15) is 0 Å². The van der Waals surface area contributed by atoms with Crippen molar-refractivity contribution in [1.82, 2.24) is 10.2 Å². The Morgan fingerprint density at radius 1 is 1.36 bits per heavy atom. The number of rotatable bonds is 4. The van der Waals surface area contributed by atoms with Crippen molar-refractivity contribution in [2.45, 2.75) is 26.2 Å². The Bertz CT molecular complexity index is 536. The number of urea groups is 1. The maximum Gasteiger partial charge on any atom is 0.321 e. The summed E-state index contributed by atoms with van der Waals surface area (Å²) in [4.78, 5) is 25.2. The van der Waals surface area contributed by atoms with Gasteiger partial charge in [0.05, 0.1) is 5.69 Å². The SMILES string of the molecule is CCC(=O)NC[C@H]1CCCN(C(=O)Nc2ccccc2F)C1. The normalized spacial score (nSPS) is 17.9. The Balaban J connectivity index is 1.87. The van der Waals surface area contributed by atoms with Crippen molar-refractivity contribution >= 4 is 17.6 Å². The van der Waals surface area contributed by atoms with Crippen molar-refractivity contribution in [3.05, 3.63) is 30.1 Å². The van der Waals surface area contributed by atoms with E-state index in [1.165, 1.54) is 12.1 Å². The van der Waals surface area contributed by atoms with Crippen molar-refractivity contribution < 1.29 is 14.0 Å². The summed E-state index contributed by atoms with van der Waals surface area (Å²) in [6.45, 7) is 3.61. The highest BCUT2D eigenvalue weighted by Crippen LogP contribution is 2.18. The number of carbonyl (C=O) groups excluding carboxylic acids is 2. The fourth-order valence-electron chi connectivity index (χ4n) is 2.56. The summed E-state index contributed by atoms with van der Waals surface area (Å²) in [5.74, 6) is -0.178. The van der Waals surface area contributed by atoms with Gasteiger partial charge in [0, 0.05) is 26.1 Å². The number of halogens is 1. The first-order valence-corrected chi connectivity index (χ1v) is 7.67. The molecule has 1 saturated heterocycles. The van der Waals surface area contributed by atoms with Gasteiger partial charge in [-0.1, -0.05) is 19.1 Å². The number of nitrogens with zero attached hydrogens (tertiary/aromatic N) is 1. The first-order chi connectivity index (χ1) is 10.6. The number of nitrogens with one attached hydrogen (secondary N) is 2. The monoisotopic (exact) mass is 307 g/mol. The molecule has 0 aromatic heterocycles. The predicted molar refractivity (Wildman–Crippen MR) is 83.0 cm³/mol. The Kier molecular flexibility index (Phi) is 5.75. The summed E-state index contributed by atoms with van der Waals surface area (Å²) >= 11 is 0. The highest BCUT2D eigenvalue weighted by Gasteiger charge is 2.24. The van der Waals surface area contributed by atoms with Gasteiger partial charge in [-0.3, -0.25) is 4.79 Å². The van der Waals surface area contributed by atoms with Gasteiger partial charge >= 0.3 is 6.03 Å². The summed E-state index contributed by atoms with van der Waals surface area (Å²) in [6.07, 6.45) is 2.33. The zero-order valence-electron chi connectivity index (χ0n) is 12.8. The molecule has 1 heterocycles. The molecule has 1 aromatic rings. The van der Waals surface area contributed by atoms with Gasteiger partial charge in [0.1, 0.15) is 5.82 Å². The van der Waals surface area contributed by atoms with E-state index in [0.717, 1.165) is 12.8 Å². The highest BCUT2D eigenvalue weighted by atomic mass is 19.1. The first-order valence-electron chi connectivity index (χ1n) is 7.67. The van der Waals surface area contributed by atoms with E-state index in [2.05, 4.69) is 10.6 Å². The molecule has 6 heteroatoms. The maximum atomic E-state index is 13.6. The number of amides is 3. The van der Waals surface area contributed by atoms with E-state index in [1.807, 2.05) is 6.92 Å². The minimum absolute atomic E-state index is 0.0212. The van der Waals surface area contributed by atoms with E-state index >= 15 is 0 Å². The van der Waals surface area contributed by atoms with Crippen LogP contribution in [0.4, 0.5) is 14.9 Å². The Hall–Kier alpha value is -2.11. The lowest BCUT2D eigenvalue weighted by atomic mass is 9.98. The van der Waals surface area contributed by atoms with Crippen LogP contribution in [0.1, 0.15) is 26.2 Å². The van der Waals surface area contributed by atoms with Crippen LogP contribution in [0, 0.1) is 11.7 Å². The fourth-order valence-corrected chi connectivity index (χ4v) is 2.56. The molecule has 0 aliphatic carbocycles. The van der Waals surface area contributed by atoms with Crippen molar-refractivity contribution in [2.75, 3.05) is 25.0 Å². The third-order valence-electron chi connectivity index (χ3n) is 3.83. The van der Waals surface area contributed by atoms with Crippen LogP contribution in [0.3, 0.4) is 0 Å². The molecule has 0 saturated carbocycles. The van der Waals surface area contributed by atoms with E-state index in [-0.39, 0.29) is 23.5 Å². The molecule has 1 atom stereocenters. The van der Waals surface area contributed by atoms with Gasteiger partial charge in [-0.25, -0.2) is 9.18 Å². The largest absolute Gasteiger partial charge is 0.356 e. The highest BCUT2D eigenvalue weighted by molar-refractivity contribution is 5.89. The second-order valence-corrected chi connectivity index (χ2v) is 5.52. The molecule has 0 bridgehead atoms. The van der Waals surface area contributed by atoms with E-state index < -0.39 is 5.82 Å². The lowest BCUT2D eigenvalue weighted by Crippen LogP contribution is -2.45. The molecule has 3 amide bonds. The standard InChI is InChI=1S/C16H22FN3O2/c1-2-15(21)18-10-12-6-5-9-20(11-12)16(22)19-14-8-4-3-7-13(14)17/h3-4,7-8,12H,2,5-6,9-11H2,1H3,(H,18,21)(H,19,22)/t12-/m1/s1. The summed E-state index contributed by atoms with van der Waals surface area (Å²) in [5.41, 5.74) is 0.189. The Labute approximate surface area is 129 Å². The number of anilines is 1. The topological polar surface area (TPSA) is 61.4 Å². The number of para-hydroxylation sites is 1. The average Bonchev–Trinajstić information content (AvgIpc) is 2.55. The smallest absolute Gasteiger partial charge is 0.321 e. The van der Waals surface area contributed by atoms with Crippen LogP contribution in [0.5, 0.6) is 0 Å². The molecule has 0 spiro atoms. The lowest BCUT2D eigenvalue weighted by molar-refractivity contribution is -0.121. The molecule has 1 fully saturated rings. The number of piperidine rings is 1. The van der Waals surface area contributed by atoms with Crippen molar-refractivity contribution in [2.24, 2.45) is 5.92 Å². The van der Waals surface area contributed by atoms with Crippen molar-refractivity contribution in [1.29, 1.82) is 0 Å². The maximum absolute atomic E-state index is 13.6. The third-order valence-corrected chi connectivity index (χ3v) is 3.83. The Morgan fingerprint density at radius 2 is 2.14 bits per heavy atom. The van der Waals surface area contributed by atoms with Gasteiger partial charge in [0.25, 0.3) is 0 Å². The summed E-state index contributed by atoms with van der Waals surface area (Å²) in [6, 6.07) is 5.82. The molecule has 1 aliphatic rings. The summed E-state index contributed by atoms with van der Waals surface area (Å²) in [5, 5.41) is 5.46. The molecule has 5 nitrogen and oxygen atoms in total. The van der Waals surface area contributed by atoms with E-state index in [4.69, 9.17) is 0 Å². The molecule has 1 aliphatic heterocycles. The van der Waals surface area contributed by atoms with E-state index in [0.29, 0.717) is 26.1 Å². The quantitative estimate of drug-likeness (QED) is 0.898. The second kappa shape index (κ2) is 7.77. The molecule has 120 valence electrons. The van der Waals surface area contributed by atoms with E-state index in [1.54, 1.807) is 17.0 Å². The third kappa shape index (κ3) is 4.44. The summed E-state index contributed by atoms with van der Waals surface area (Å²) in [7, 11) is 0. The number of hydrogen-bond donors (Lipinski definition) is 2. The average molecular weight is 307 g/mol. The fraction of sp³-hybridized carbons (Fsp3) is 0.500. The van der Waals surface area contributed by atoms with Gasteiger partial charge < -0.3 is 15.5 Å². The molecule has 2 N–H and O–H groups in total. The molecule has 1 aromatic carbocycles. The molecule has 2 rings (SSSR count). The van der Waals surface area contributed by atoms with Gasteiger partial charge in [-0.15, -0.1) is 0 Å². The number of likely N-dealkylation sites (tertiary alicyclic amines) is 1. The first kappa shape index (κ1) is 16.3. The Morgan fingerprint density at radius 3 is 2.86 bits per heavy atom. The van der Waals surface area contributed by atoms with Crippen LogP contribution in [0.25, 0.3) is 0 Å². The van der Waals surface area contributed by atoms with Gasteiger partial charge in [-0.05, 0) is 30.9 Å². The van der Waals surface area contributed by atoms with E-state index in [9.17, 15) is 14.0 Å². The van der Waals surface area contributed by atoms with Crippen molar-refractivity contribution in [3.63, 3.8) is 0 Å². The van der Waals surface area contributed by atoms with Crippen LogP contribution >= 0.6 is 0 Å². The summed E-state index contributed by atoms with van der Waals surface area (Å²) < 4.78 is 13.6. The van der Waals surface area contributed by atoms with Gasteiger partial charge in [0.15, 0.2) is 0 Å². The molecule has 0 radical (unpaired) electrons. The van der Waals surface area contributed by atoms with Crippen LogP contribution in [-0.4, -0.2) is 36.5 Å². The zero-order valence-corrected chi connectivity index (χ0v) is 12.8. The molecular formula is C16H22FN3O2. The number of benzene rings is 1.